The topological polar surface area (TPSA) is 25.2 Å². The molecule has 104 valence electrons. The fourth-order valence-electron chi connectivity index (χ4n) is 2.66. The number of fused-ring (bicyclic) bond motifs is 1. The molecule has 2 rings (SSSR count). The van der Waals surface area contributed by atoms with Gasteiger partial charge >= 0.3 is 0 Å². The molecule has 19 heavy (non-hydrogen) atoms. The molecule has 0 bridgehead atoms. The van der Waals surface area contributed by atoms with Crippen molar-refractivity contribution in [3.8, 4) is 0 Å². The van der Waals surface area contributed by atoms with Crippen LogP contribution in [0.5, 0.6) is 0 Å². The van der Waals surface area contributed by atoms with E-state index in [0.29, 0.717) is 6.04 Å². The summed E-state index contributed by atoms with van der Waals surface area (Å²) >= 11 is 0. The van der Waals surface area contributed by atoms with Crippen LogP contribution >= 0.6 is 0 Å². The van der Waals surface area contributed by atoms with Crippen LogP contribution in [0.15, 0.2) is 22.6 Å². The van der Waals surface area contributed by atoms with E-state index in [1.54, 1.807) is 0 Å². The highest BCUT2D eigenvalue weighted by Crippen LogP contribution is 2.29. The zero-order chi connectivity index (χ0) is 13.8. The lowest BCUT2D eigenvalue weighted by atomic mass is 10.1. The summed E-state index contributed by atoms with van der Waals surface area (Å²) in [6.45, 7) is 9.72. The first kappa shape index (κ1) is 14.1. The maximum atomic E-state index is 6.10. The highest BCUT2D eigenvalue weighted by molar-refractivity contribution is 5.82. The van der Waals surface area contributed by atoms with E-state index in [1.807, 2.05) is 0 Å². The Balaban J connectivity index is 2.34. The molecule has 0 aliphatic carbocycles. The Hall–Kier alpha value is -1.28. The van der Waals surface area contributed by atoms with Gasteiger partial charge in [0.15, 0.2) is 0 Å². The second-order valence-electron chi connectivity index (χ2n) is 5.44. The van der Waals surface area contributed by atoms with Crippen molar-refractivity contribution in [2.24, 2.45) is 0 Å². The number of aryl methyl sites for hydroxylation is 2. The summed E-state index contributed by atoms with van der Waals surface area (Å²) in [6, 6.07) is 6.94. The van der Waals surface area contributed by atoms with E-state index < -0.39 is 0 Å². The minimum Gasteiger partial charge on any atom is -0.459 e. The molecule has 1 atom stereocenters. The Labute approximate surface area is 116 Å². The molecule has 1 unspecified atom stereocenters. The SMILES string of the molecule is CCCNC(CCC)c1cc2cc(C)cc(C)c2o1. The molecule has 1 aromatic carbocycles. The summed E-state index contributed by atoms with van der Waals surface area (Å²) in [4.78, 5) is 0. The van der Waals surface area contributed by atoms with Gasteiger partial charge in [0.1, 0.15) is 11.3 Å². The van der Waals surface area contributed by atoms with Crippen molar-refractivity contribution in [2.45, 2.75) is 53.0 Å². The maximum Gasteiger partial charge on any atom is 0.137 e. The lowest BCUT2D eigenvalue weighted by Crippen LogP contribution is -2.21. The standard InChI is InChI=1S/C17H25NO/c1-5-7-15(18-8-6-2)16-11-14-10-12(3)9-13(4)17(14)19-16/h9-11,15,18H,5-8H2,1-4H3. The van der Waals surface area contributed by atoms with Crippen LogP contribution < -0.4 is 5.32 Å². The fourth-order valence-corrected chi connectivity index (χ4v) is 2.66. The summed E-state index contributed by atoms with van der Waals surface area (Å²) in [6.07, 6.45) is 3.44. The minimum atomic E-state index is 0.344. The monoisotopic (exact) mass is 259 g/mol. The highest BCUT2D eigenvalue weighted by Gasteiger charge is 2.15. The second kappa shape index (κ2) is 6.25. The van der Waals surface area contributed by atoms with Crippen molar-refractivity contribution in [3.05, 3.63) is 35.1 Å². The summed E-state index contributed by atoms with van der Waals surface area (Å²) < 4.78 is 6.10. The van der Waals surface area contributed by atoms with E-state index in [4.69, 9.17) is 4.42 Å². The molecule has 2 heteroatoms. The molecule has 0 aliphatic heterocycles. The average molecular weight is 259 g/mol. The van der Waals surface area contributed by atoms with Gasteiger partial charge in [-0.3, -0.25) is 0 Å². The Morgan fingerprint density at radius 1 is 1.11 bits per heavy atom. The van der Waals surface area contributed by atoms with E-state index in [0.717, 1.165) is 37.2 Å². The van der Waals surface area contributed by atoms with Crippen molar-refractivity contribution < 1.29 is 4.42 Å². The molecule has 1 heterocycles. The molecule has 0 spiro atoms. The number of rotatable bonds is 6. The van der Waals surface area contributed by atoms with Gasteiger partial charge < -0.3 is 9.73 Å². The predicted octanol–water partition coefficient (Wildman–Crippen LogP) is 4.89. The Morgan fingerprint density at radius 3 is 2.58 bits per heavy atom. The Kier molecular flexibility index (Phi) is 4.65. The van der Waals surface area contributed by atoms with Gasteiger partial charge in [-0.25, -0.2) is 0 Å². The van der Waals surface area contributed by atoms with Gasteiger partial charge in [-0.15, -0.1) is 0 Å². The van der Waals surface area contributed by atoms with Crippen molar-refractivity contribution in [1.29, 1.82) is 0 Å². The summed E-state index contributed by atoms with van der Waals surface area (Å²) in [7, 11) is 0. The third kappa shape index (κ3) is 3.19. The van der Waals surface area contributed by atoms with Crippen molar-refractivity contribution in [1.82, 2.24) is 5.32 Å². The van der Waals surface area contributed by atoms with Crippen LogP contribution in [0.1, 0.15) is 56.0 Å². The molecule has 2 aromatic rings. The molecule has 0 saturated carbocycles. The normalized spacial score (nSPS) is 13.1. The van der Waals surface area contributed by atoms with Crippen LogP contribution in [-0.4, -0.2) is 6.54 Å². The van der Waals surface area contributed by atoms with Crippen LogP contribution in [0.2, 0.25) is 0 Å². The largest absolute Gasteiger partial charge is 0.459 e. The van der Waals surface area contributed by atoms with Crippen LogP contribution in [0.3, 0.4) is 0 Å². The fraction of sp³-hybridized carbons (Fsp3) is 0.529. The summed E-state index contributed by atoms with van der Waals surface area (Å²) in [5, 5.41) is 4.82. The third-order valence-corrected chi connectivity index (χ3v) is 3.53. The van der Waals surface area contributed by atoms with E-state index in [2.05, 4.69) is 51.2 Å². The lowest BCUT2D eigenvalue weighted by molar-refractivity contribution is 0.407. The molecule has 0 fully saturated rings. The second-order valence-corrected chi connectivity index (χ2v) is 5.44. The first-order valence-electron chi connectivity index (χ1n) is 7.39. The molecule has 0 amide bonds. The highest BCUT2D eigenvalue weighted by atomic mass is 16.3. The van der Waals surface area contributed by atoms with Gasteiger partial charge in [-0.1, -0.05) is 31.9 Å². The first-order chi connectivity index (χ1) is 9.15. The lowest BCUT2D eigenvalue weighted by Gasteiger charge is -2.14. The van der Waals surface area contributed by atoms with Gasteiger partial charge in [-0.05, 0) is 50.9 Å². The predicted molar refractivity (Wildman–Crippen MR) is 81.6 cm³/mol. The van der Waals surface area contributed by atoms with E-state index in [9.17, 15) is 0 Å². The maximum absolute atomic E-state index is 6.10. The van der Waals surface area contributed by atoms with Gasteiger partial charge in [-0.2, -0.15) is 0 Å². The molecule has 0 aliphatic rings. The summed E-state index contributed by atoms with van der Waals surface area (Å²) in [5.41, 5.74) is 3.57. The average Bonchev–Trinajstić information content (AvgIpc) is 2.78. The van der Waals surface area contributed by atoms with Crippen molar-refractivity contribution >= 4 is 11.0 Å². The third-order valence-electron chi connectivity index (χ3n) is 3.53. The quantitative estimate of drug-likeness (QED) is 0.799. The van der Waals surface area contributed by atoms with Gasteiger partial charge in [0, 0.05) is 5.39 Å². The smallest absolute Gasteiger partial charge is 0.137 e. The van der Waals surface area contributed by atoms with Crippen LogP contribution in [0, 0.1) is 13.8 Å². The van der Waals surface area contributed by atoms with Gasteiger partial charge in [0.25, 0.3) is 0 Å². The van der Waals surface area contributed by atoms with Gasteiger partial charge in [0.05, 0.1) is 6.04 Å². The van der Waals surface area contributed by atoms with Crippen LogP contribution in [0.4, 0.5) is 0 Å². The first-order valence-corrected chi connectivity index (χ1v) is 7.39. The number of hydrogen-bond donors (Lipinski definition) is 1. The minimum absolute atomic E-state index is 0.344. The number of furan rings is 1. The molecule has 0 saturated heterocycles. The van der Waals surface area contributed by atoms with Crippen molar-refractivity contribution in [3.63, 3.8) is 0 Å². The molecule has 0 radical (unpaired) electrons. The van der Waals surface area contributed by atoms with Gasteiger partial charge in [0.2, 0.25) is 0 Å². The molecular formula is C17H25NO. The van der Waals surface area contributed by atoms with Crippen LogP contribution in [-0.2, 0) is 0 Å². The van der Waals surface area contributed by atoms with E-state index in [-0.39, 0.29) is 0 Å². The van der Waals surface area contributed by atoms with Crippen molar-refractivity contribution in [2.75, 3.05) is 6.54 Å². The summed E-state index contributed by atoms with van der Waals surface area (Å²) in [5.74, 6) is 1.08. The zero-order valence-electron chi connectivity index (χ0n) is 12.5. The number of nitrogens with one attached hydrogen (secondary N) is 1. The van der Waals surface area contributed by atoms with E-state index >= 15 is 0 Å². The number of hydrogen-bond acceptors (Lipinski definition) is 2. The number of benzene rings is 1. The van der Waals surface area contributed by atoms with E-state index in [1.165, 1.54) is 16.5 Å². The zero-order valence-corrected chi connectivity index (χ0v) is 12.5. The van der Waals surface area contributed by atoms with Crippen LogP contribution in [0.25, 0.3) is 11.0 Å². The Morgan fingerprint density at radius 2 is 1.89 bits per heavy atom. The molecule has 2 nitrogen and oxygen atoms in total. The molecular weight excluding hydrogens is 234 g/mol. The Bertz CT molecular complexity index is 541. The molecule has 1 aromatic heterocycles. The molecule has 1 N–H and O–H groups in total.